The maximum Gasteiger partial charge on any atom is 0.232 e. The number of halogens is 1. The zero-order valence-corrected chi connectivity index (χ0v) is 12.0. The lowest BCUT2D eigenvalue weighted by Crippen LogP contribution is -2.28. The fourth-order valence-corrected chi connectivity index (χ4v) is 3.11. The van der Waals surface area contributed by atoms with Gasteiger partial charge in [0.1, 0.15) is 0 Å². The van der Waals surface area contributed by atoms with Crippen LogP contribution in [0.25, 0.3) is 0 Å². The lowest BCUT2D eigenvalue weighted by atomic mass is 10.1. The van der Waals surface area contributed by atoms with Crippen LogP contribution in [0.5, 0.6) is 0 Å². The molecule has 0 unspecified atom stereocenters. The molecule has 19 heavy (non-hydrogen) atoms. The van der Waals surface area contributed by atoms with E-state index in [1.165, 1.54) is 11.3 Å². The van der Waals surface area contributed by atoms with E-state index >= 15 is 0 Å². The quantitative estimate of drug-likeness (QED) is 0.866. The van der Waals surface area contributed by atoms with Crippen molar-refractivity contribution in [2.45, 2.75) is 12.3 Å². The summed E-state index contributed by atoms with van der Waals surface area (Å²) in [4.78, 5) is 18.1. The Labute approximate surface area is 120 Å². The van der Waals surface area contributed by atoms with Gasteiger partial charge in [0, 0.05) is 29.6 Å². The second kappa shape index (κ2) is 4.94. The van der Waals surface area contributed by atoms with E-state index in [9.17, 15) is 4.79 Å². The molecule has 0 bridgehead atoms. The summed E-state index contributed by atoms with van der Waals surface area (Å²) in [6, 6.07) is 7.77. The SMILES string of the molecule is CN(C(=O)[C@H]1C[C@H]1c1cccc(Cl)c1)c1nccs1. The first-order valence-electron chi connectivity index (χ1n) is 6.09. The van der Waals surface area contributed by atoms with Gasteiger partial charge in [-0.05, 0) is 30.0 Å². The predicted molar refractivity (Wildman–Crippen MR) is 77.8 cm³/mol. The highest BCUT2D eigenvalue weighted by Gasteiger charge is 2.45. The second-order valence-electron chi connectivity index (χ2n) is 4.72. The molecule has 0 aliphatic heterocycles. The van der Waals surface area contributed by atoms with Crippen LogP contribution in [-0.4, -0.2) is 17.9 Å². The Morgan fingerprint density at radius 3 is 3.05 bits per heavy atom. The molecule has 0 saturated heterocycles. The lowest BCUT2D eigenvalue weighted by Gasteiger charge is -2.13. The van der Waals surface area contributed by atoms with Crippen molar-refractivity contribution in [2.75, 3.05) is 11.9 Å². The first-order chi connectivity index (χ1) is 9.16. The van der Waals surface area contributed by atoms with Crippen LogP contribution in [0.2, 0.25) is 5.02 Å². The number of benzene rings is 1. The van der Waals surface area contributed by atoms with Crippen LogP contribution in [0, 0.1) is 5.92 Å². The molecule has 1 fully saturated rings. The van der Waals surface area contributed by atoms with Gasteiger partial charge in [0.05, 0.1) is 0 Å². The summed E-state index contributed by atoms with van der Waals surface area (Å²) in [6.45, 7) is 0. The molecule has 0 spiro atoms. The summed E-state index contributed by atoms with van der Waals surface area (Å²) >= 11 is 7.46. The number of carbonyl (C=O) groups excluding carboxylic acids is 1. The van der Waals surface area contributed by atoms with Crippen LogP contribution in [0.1, 0.15) is 17.9 Å². The Morgan fingerprint density at radius 2 is 2.37 bits per heavy atom. The van der Waals surface area contributed by atoms with Gasteiger partial charge < -0.3 is 0 Å². The van der Waals surface area contributed by atoms with Gasteiger partial charge in [0.25, 0.3) is 0 Å². The zero-order chi connectivity index (χ0) is 13.4. The molecule has 1 aromatic heterocycles. The minimum Gasteiger partial charge on any atom is -0.291 e. The number of aromatic nitrogens is 1. The minimum atomic E-state index is 0.0624. The molecule has 0 radical (unpaired) electrons. The van der Waals surface area contributed by atoms with E-state index in [-0.39, 0.29) is 11.8 Å². The standard InChI is InChI=1S/C14H13ClN2OS/c1-17(14-16-5-6-19-14)13(18)12-8-11(12)9-3-2-4-10(15)7-9/h2-7,11-12H,8H2,1H3/t11-,12-/m0/s1. The Bertz CT molecular complexity index is 599. The van der Waals surface area contributed by atoms with E-state index in [2.05, 4.69) is 4.98 Å². The van der Waals surface area contributed by atoms with E-state index in [1.807, 2.05) is 29.6 Å². The summed E-state index contributed by atoms with van der Waals surface area (Å²) in [6.07, 6.45) is 2.61. The minimum absolute atomic E-state index is 0.0624. The lowest BCUT2D eigenvalue weighted by molar-refractivity contribution is -0.119. The molecule has 1 amide bonds. The summed E-state index contributed by atoms with van der Waals surface area (Å²) in [5, 5.41) is 3.35. The molecular weight excluding hydrogens is 280 g/mol. The van der Waals surface area contributed by atoms with Crippen molar-refractivity contribution in [1.82, 2.24) is 4.98 Å². The van der Waals surface area contributed by atoms with Crippen molar-refractivity contribution in [3.8, 4) is 0 Å². The van der Waals surface area contributed by atoms with E-state index < -0.39 is 0 Å². The van der Waals surface area contributed by atoms with Crippen LogP contribution in [-0.2, 0) is 4.79 Å². The van der Waals surface area contributed by atoms with Gasteiger partial charge in [-0.25, -0.2) is 4.98 Å². The number of nitrogens with zero attached hydrogens (tertiary/aromatic N) is 2. The third-order valence-corrected chi connectivity index (χ3v) is 4.50. The molecule has 1 aromatic carbocycles. The zero-order valence-electron chi connectivity index (χ0n) is 10.4. The smallest absolute Gasteiger partial charge is 0.232 e. The molecule has 3 rings (SSSR count). The number of carbonyl (C=O) groups is 1. The van der Waals surface area contributed by atoms with Crippen molar-refractivity contribution >= 4 is 34.0 Å². The van der Waals surface area contributed by atoms with E-state index in [0.717, 1.165) is 22.1 Å². The third-order valence-electron chi connectivity index (χ3n) is 3.42. The fraction of sp³-hybridized carbons (Fsp3) is 0.286. The number of hydrogen-bond acceptors (Lipinski definition) is 3. The van der Waals surface area contributed by atoms with Crippen LogP contribution < -0.4 is 4.90 Å². The number of anilines is 1. The van der Waals surface area contributed by atoms with Crippen molar-refractivity contribution < 1.29 is 4.79 Å². The Hall–Kier alpha value is -1.39. The van der Waals surface area contributed by atoms with Crippen molar-refractivity contribution in [3.63, 3.8) is 0 Å². The van der Waals surface area contributed by atoms with Gasteiger partial charge in [-0.2, -0.15) is 0 Å². The highest BCUT2D eigenvalue weighted by Crippen LogP contribution is 2.49. The maximum atomic E-state index is 12.3. The molecule has 2 atom stereocenters. The third kappa shape index (κ3) is 2.51. The highest BCUT2D eigenvalue weighted by molar-refractivity contribution is 7.13. The molecule has 1 aliphatic carbocycles. The summed E-state index contributed by atoms with van der Waals surface area (Å²) < 4.78 is 0. The molecule has 98 valence electrons. The summed E-state index contributed by atoms with van der Waals surface area (Å²) in [7, 11) is 1.79. The number of rotatable bonds is 3. The van der Waals surface area contributed by atoms with Gasteiger partial charge >= 0.3 is 0 Å². The highest BCUT2D eigenvalue weighted by atomic mass is 35.5. The largest absolute Gasteiger partial charge is 0.291 e. The fourth-order valence-electron chi connectivity index (χ4n) is 2.30. The second-order valence-corrected chi connectivity index (χ2v) is 6.03. The van der Waals surface area contributed by atoms with Crippen LogP contribution in [0.3, 0.4) is 0 Å². The molecule has 1 aliphatic rings. The van der Waals surface area contributed by atoms with Gasteiger partial charge in [-0.15, -0.1) is 11.3 Å². The number of hydrogen-bond donors (Lipinski definition) is 0. The van der Waals surface area contributed by atoms with E-state index in [0.29, 0.717) is 5.92 Å². The van der Waals surface area contributed by atoms with Gasteiger partial charge in [0.15, 0.2) is 5.13 Å². The van der Waals surface area contributed by atoms with Gasteiger partial charge in [-0.3, -0.25) is 9.69 Å². The number of thiazole rings is 1. The molecule has 5 heteroatoms. The van der Waals surface area contributed by atoms with Gasteiger partial charge in [0.2, 0.25) is 5.91 Å². The molecular formula is C14H13ClN2OS. The van der Waals surface area contributed by atoms with Crippen LogP contribution in [0.4, 0.5) is 5.13 Å². The van der Waals surface area contributed by atoms with Crippen LogP contribution in [0.15, 0.2) is 35.8 Å². The monoisotopic (exact) mass is 292 g/mol. The summed E-state index contributed by atoms with van der Waals surface area (Å²) in [5.41, 5.74) is 1.15. The molecule has 0 N–H and O–H groups in total. The Morgan fingerprint density at radius 1 is 1.53 bits per heavy atom. The van der Waals surface area contributed by atoms with Crippen molar-refractivity contribution in [3.05, 3.63) is 46.4 Å². The topological polar surface area (TPSA) is 33.2 Å². The molecule has 1 heterocycles. The first-order valence-corrected chi connectivity index (χ1v) is 7.35. The average Bonchev–Trinajstić information content (AvgIpc) is 3.02. The van der Waals surface area contributed by atoms with Crippen molar-refractivity contribution in [1.29, 1.82) is 0 Å². The van der Waals surface area contributed by atoms with E-state index in [4.69, 9.17) is 11.6 Å². The molecule has 2 aromatic rings. The Balaban J connectivity index is 1.71. The van der Waals surface area contributed by atoms with Gasteiger partial charge in [-0.1, -0.05) is 23.7 Å². The molecule has 3 nitrogen and oxygen atoms in total. The predicted octanol–water partition coefficient (Wildman–Crippen LogP) is 3.56. The maximum absolute atomic E-state index is 12.3. The number of amides is 1. The Kier molecular flexibility index (Phi) is 3.29. The normalized spacial score (nSPS) is 21.2. The van der Waals surface area contributed by atoms with E-state index in [1.54, 1.807) is 18.1 Å². The molecule has 1 saturated carbocycles. The van der Waals surface area contributed by atoms with Crippen LogP contribution >= 0.6 is 22.9 Å². The average molecular weight is 293 g/mol. The first kappa shape index (κ1) is 12.6. The summed E-state index contributed by atoms with van der Waals surface area (Å²) in [5.74, 6) is 0.501. The van der Waals surface area contributed by atoms with Crippen molar-refractivity contribution in [2.24, 2.45) is 5.92 Å².